The Labute approximate surface area is 163 Å². The fourth-order valence-corrected chi connectivity index (χ4v) is 4.11. The maximum Gasteiger partial charge on any atom is 0.269 e. The summed E-state index contributed by atoms with van der Waals surface area (Å²) in [5.41, 5.74) is 6.83. The average molecular weight is 399 g/mol. The van der Waals surface area contributed by atoms with Gasteiger partial charge in [0.05, 0.1) is 16.4 Å². The molecule has 0 saturated carbocycles. The Morgan fingerprint density at radius 3 is 2.50 bits per heavy atom. The molecule has 3 aromatic rings. The highest BCUT2D eigenvalue weighted by molar-refractivity contribution is 7.90. The van der Waals surface area contributed by atoms with Crippen LogP contribution in [-0.4, -0.2) is 29.4 Å². The quantitative estimate of drug-likeness (QED) is 0.642. The van der Waals surface area contributed by atoms with E-state index in [0.29, 0.717) is 16.7 Å². The summed E-state index contributed by atoms with van der Waals surface area (Å²) >= 11 is 0. The number of aromatic nitrogens is 2. The Bertz CT molecular complexity index is 1160. The van der Waals surface area contributed by atoms with Crippen LogP contribution in [-0.2, 0) is 14.8 Å². The molecule has 28 heavy (non-hydrogen) atoms. The zero-order valence-electron chi connectivity index (χ0n) is 15.8. The van der Waals surface area contributed by atoms with Gasteiger partial charge in [-0.25, -0.2) is 17.4 Å². The standard InChI is InChI=1S/C20H21N3O4S/c1-13(2)27-17-10-11-22-20-19(17)15(6-9-18(21)24)12-23(20)28(25,26)16-7-4-14(3)5-8-16/h4-13H,1-3H3,(H2,21,24)/b9-6+. The van der Waals surface area contributed by atoms with Gasteiger partial charge >= 0.3 is 0 Å². The van der Waals surface area contributed by atoms with Crippen LogP contribution in [0.4, 0.5) is 0 Å². The molecule has 0 unspecified atom stereocenters. The predicted octanol–water partition coefficient (Wildman–Crippen LogP) is 2.87. The molecule has 0 saturated heterocycles. The summed E-state index contributed by atoms with van der Waals surface area (Å²) in [5.74, 6) is -0.167. The van der Waals surface area contributed by atoms with E-state index in [1.165, 1.54) is 24.5 Å². The van der Waals surface area contributed by atoms with Crippen LogP contribution in [0.3, 0.4) is 0 Å². The van der Waals surface area contributed by atoms with E-state index in [1.807, 2.05) is 20.8 Å². The summed E-state index contributed by atoms with van der Waals surface area (Å²) in [4.78, 5) is 15.6. The number of nitrogens with two attached hydrogens (primary N) is 1. The maximum atomic E-state index is 13.2. The number of ether oxygens (including phenoxy) is 1. The molecule has 0 radical (unpaired) electrons. The molecule has 8 heteroatoms. The first-order valence-corrected chi connectivity index (χ1v) is 10.1. The normalized spacial score (nSPS) is 12.1. The van der Waals surface area contributed by atoms with Crippen molar-refractivity contribution >= 4 is 33.0 Å². The van der Waals surface area contributed by atoms with Crippen molar-refractivity contribution in [3.05, 3.63) is 59.9 Å². The minimum absolute atomic E-state index is 0.129. The highest BCUT2D eigenvalue weighted by atomic mass is 32.2. The molecule has 2 aromatic heterocycles. The highest BCUT2D eigenvalue weighted by Crippen LogP contribution is 2.33. The number of carbonyl (C=O) groups excluding carboxylic acids is 1. The number of hydrogen-bond donors (Lipinski definition) is 1. The van der Waals surface area contributed by atoms with Crippen molar-refractivity contribution in [2.75, 3.05) is 0 Å². The van der Waals surface area contributed by atoms with Crippen molar-refractivity contribution in [1.82, 2.24) is 8.96 Å². The summed E-state index contributed by atoms with van der Waals surface area (Å²) in [6, 6.07) is 8.21. The third kappa shape index (κ3) is 3.77. The van der Waals surface area contributed by atoms with E-state index >= 15 is 0 Å². The second-order valence-electron chi connectivity index (χ2n) is 6.61. The van der Waals surface area contributed by atoms with Gasteiger partial charge in [0.1, 0.15) is 5.75 Å². The molecule has 1 amide bonds. The minimum Gasteiger partial charge on any atom is -0.490 e. The Hall–Kier alpha value is -3.13. The first-order valence-electron chi connectivity index (χ1n) is 8.66. The van der Waals surface area contributed by atoms with Gasteiger partial charge in [-0.2, -0.15) is 0 Å². The molecule has 2 N–H and O–H groups in total. The second kappa shape index (κ2) is 7.47. The zero-order chi connectivity index (χ0) is 20.5. The van der Waals surface area contributed by atoms with Gasteiger partial charge in [0.25, 0.3) is 10.0 Å². The van der Waals surface area contributed by atoms with Gasteiger partial charge in [-0.1, -0.05) is 17.7 Å². The van der Waals surface area contributed by atoms with Gasteiger partial charge in [0.15, 0.2) is 5.65 Å². The van der Waals surface area contributed by atoms with Crippen molar-refractivity contribution < 1.29 is 17.9 Å². The number of nitrogens with zero attached hydrogens (tertiary/aromatic N) is 2. The minimum atomic E-state index is -3.90. The molecule has 0 spiro atoms. The highest BCUT2D eigenvalue weighted by Gasteiger charge is 2.23. The van der Waals surface area contributed by atoms with Crippen LogP contribution in [0.15, 0.2) is 53.7 Å². The molecule has 0 aliphatic rings. The van der Waals surface area contributed by atoms with Gasteiger partial charge < -0.3 is 10.5 Å². The average Bonchev–Trinajstić information content (AvgIpc) is 3.00. The summed E-state index contributed by atoms with van der Waals surface area (Å²) in [5, 5.41) is 0.490. The van der Waals surface area contributed by atoms with Crippen LogP contribution in [0.2, 0.25) is 0 Å². The first-order chi connectivity index (χ1) is 13.2. The summed E-state index contributed by atoms with van der Waals surface area (Å²) < 4.78 is 33.3. The number of fused-ring (bicyclic) bond motifs is 1. The van der Waals surface area contributed by atoms with Crippen molar-refractivity contribution in [2.45, 2.75) is 31.8 Å². The Kier molecular flexibility index (Phi) is 5.24. The van der Waals surface area contributed by atoms with Gasteiger partial charge in [-0.05, 0) is 45.0 Å². The molecule has 1 aromatic carbocycles. The lowest BCUT2D eigenvalue weighted by Crippen LogP contribution is -2.12. The molecule has 0 aliphatic carbocycles. The van der Waals surface area contributed by atoms with E-state index in [4.69, 9.17) is 10.5 Å². The molecule has 7 nitrogen and oxygen atoms in total. The van der Waals surface area contributed by atoms with E-state index < -0.39 is 15.9 Å². The maximum absolute atomic E-state index is 13.2. The van der Waals surface area contributed by atoms with Crippen molar-refractivity contribution in [2.24, 2.45) is 5.73 Å². The fourth-order valence-electron chi connectivity index (χ4n) is 2.78. The van der Waals surface area contributed by atoms with Crippen molar-refractivity contribution in [3.8, 4) is 5.75 Å². The molecule has 2 heterocycles. The Morgan fingerprint density at radius 1 is 1.21 bits per heavy atom. The van der Waals surface area contributed by atoms with Crippen LogP contribution < -0.4 is 10.5 Å². The lowest BCUT2D eigenvalue weighted by molar-refractivity contribution is -0.113. The number of pyridine rings is 1. The fraction of sp³-hybridized carbons (Fsp3) is 0.200. The van der Waals surface area contributed by atoms with Gasteiger partial charge in [-0.3, -0.25) is 4.79 Å². The topological polar surface area (TPSA) is 104 Å². The van der Waals surface area contributed by atoms with Gasteiger partial charge in [0, 0.05) is 24.0 Å². The molecule has 146 valence electrons. The van der Waals surface area contributed by atoms with Crippen molar-refractivity contribution in [3.63, 3.8) is 0 Å². The lowest BCUT2D eigenvalue weighted by Gasteiger charge is -2.11. The Balaban J connectivity index is 2.29. The van der Waals surface area contributed by atoms with Crippen LogP contribution in [0.1, 0.15) is 25.0 Å². The smallest absolute Gasteiger partial charge is 0.269 e. The number of amides is 1. The zero-order valence-corrected chi connectivity index (χ0v) is 16.6. The van der Waals surface area contributed by atoms with E-state index in [2.05, 4.69) is 4.98 Å². The number of aryl methyl sites for hydroxylation is 1. The molecule has 0 aliphatic heterocycles. The SMILES string of the molecule is Cc1ccc(S(=O)(=O)n2cc(/C=C/C(N)=O)c3c(OC(C)C)ccnc32)cc1. The molecular formula is C20H21N3O4S. The third-order valence-electron chi connectivity index (χ3n) is 4.01. The van der Waals surface area contributed by atoms with E-state index in [9.17, 15) is 13.2 Å². The molecule has 0 atom stereocenters. The summed E-state index contributed by atoms with van der Waals surface area (Å²) in [6.07, 6.45) is 5.41. The third-order valence-corrected chi connectivity index (χ3v) is 5.68. The number of carbonyl (C=O) groups is 1. The first kappa shape index (κ1) is 19.6. The number of hydrogen-bond acceptors (Lipinski definition) is 5. The van der Waals surface area contributed by atoms with Gasteiger partial charge in [-0.15, -0.1) is 0 Å². The van der Waals surface area contributed by atoms with Crippen LogP contribution in [0, 0.1) is 6.92 Å². The van der Waals surface area contributed by atoms with E-state index in [-0.39, 0.29) is 16.6 Å². The molecular weight excluding hydrogens is 378 g/mol. The van der Waals surface area contributed by atoms with E-state index in [0.717, 1.165) is 9.54 Å². The monoisotopic (exact) mass is 399 g/mol. The number of benzene rings is 1. The van der Waals surface area contributed by atoms with E-state index in [1.54, 1.807) is 30.3 Å². The summed E-state index contributed by atoms with van der Waals surface area (Å²) in [7, 11) is -3.90. The van der Waals surface area contributed by atoms with Crippen LogP contribution in [0.5, 0.6) is 5.75 Å². The number of primary amides is 1. The number of rotatable bonds is 6. The molecule has 0 fully saturated rings. The molecule has 3 rings (SSSR count). The predicted molar refractivity (Wildman–Crippen MR) is 107 cm³/mol. The lowest BCUT2D eigenvalue weighted by atomic mass is 10.2. The molecule has 0 bridgehead atoms. The van der Waals surface area contributed by atoms with Gasteiger partial charge in [0.2, 0.25) is 5.91 Å². The van der Waals surface area contributed by atoms with Crippen molar-refractivity contribution in [1.29, 1.82) is 0 Å². The second-order valence-corrected chi connectivity index (χ2v) is 8.42. The largest absolute Gasteiger partial charge is 0.490 e. The van der Waals surface area contributed by atoms with Crippen LogP contribution in [0.25, 0.3) is 17.1 Å². The Morgan fingerprint density at radius 2 is 1.89 bits per heavy atom. The summed E-state index contributed by atoms with van der Waals surface area (Å²) in [6.45, 7) is 5.61. The van der Waals surface area contributed by atoms with Crippen LogP contribution >= 0.6 is 0 Å².